The molecule has 1 heterocycles. The average Bonchev–Trinajstić information content (AvgIpc) is 2.73. The third-order valence-corrected chi connectivity index (χ3v) is 2.94. The standard InChI is InChI=1S/C13H19N3/c1-2-16(12-6-4-3-5-7-12)10-11-8-13(14)15-9-11/h3-8,11,15H,2,9-10,14H2,1H3/t11-/m0/s1. The number of hydrogen-bond donors (Lipinski definition) is 2. The van der Waals surface area contributed by atoms with Crippen LogP contribution in [0.5, 0.6) is 0 Å². The van der Waals surface area contributed by atoms with Gasteiger partial charge in [-0.3, -0.25) is 0 Å². The fourth-order valence-corrected chi connectivity index (χ4v) is 2.08. The van der Waals surface area contributed by atoms with Crippen molar-refractivity contribution in [2.24, 2.45) is 11.7 Å². The SMILES string of the molecule is CCN(C[C@H]1C=C(N)NC1)c1ccccc1. The fraction of sp³-hybridized carbons (Fsp3) is 0.385. The summed E-state index contributed by atoms with van der Waals surface area (Å²) >= 11 is 0. The van der Waals surface area contributed by atoms with Gasteiger partial charge in [0.2, 0.25) is 0 Å². The third-order valence-electron chi connectivity index (χ3n) is 2.94. The molecular formula is C13H19N3. The molecular weight excluding hydrogens is 198 g/mol. The molecule has 0 bridgehead atoms. The van der Waals surface area contributed by atoms with Gasteiger partial charge in [-0.15, -0.1) is 0 Å². The summed E-state index contributed by atoms with van der Waals surface area (Å²) in [5.41, 5.74) is 6.99. The molecule has 0 aliphatic carbocycles. The normalized spacial score (nSPS) is 19.1. The Morgan fingerprint density at radius 1 is 1.38 bits per heavy atom. The van der Waals surface area contributed by atoms with Crippen LogP contribution in [0.25, 0.3) is 0 Å². The molecule has 3 heteroatoms. The third kappa shape index (κ3) is 2.48. The first-order valence-electron chi connectivity index (χ1n) is 5.80. The van der Waals surface area contributed by atoms with E-state index in [1.165, 1.54) is 5.69 Å². The average molecular weight is 217 g/mol. The molecule has 0 saturated heterocycles. The maximum absolute atomic E-state index is 5.71. The lowest BCUT2D eigenvalue weighted by atomic mass is 10.1. The van der Waals surface area contributed by atoms with Crippen molar-refractivity contribution in [3.8, 4) is 0 Å². The number of benzene rings is 1. The lowest BCUT2D eigenvalue weighted by Crippen LogP contribution is -2.30. The van der Waals surface area contributed by atoms with Crippen LogP contribution in [0.2, 0.25) is 0 Å². The summed E-state index contributed by atoms with van der Waals surface area (Å²) in [4.78, 5) is 2.38. The number of hydrogen-bond acceptors (Lipinski definition) is 3. The maximum atomic E-state index is 5.71. The van der Waals surface area contributed by atoms with E-state index in [9.17, 15) is 0 Å². The highest BCUT2D eigenvalue weighted by molar-refractivity contribution is 5.46. The molecule has 3 nitrogen and oxygen atoms in total. The number of nitrogens with one attached hydrogen (secondary N) is 1. The summed E-state index contributed by atoms with van der Waals surface area (Å²) in [6, 6.07) is 10.5. The summed E-state index contributed by atoms with van der Waals surface area (Å²) in [5, 5.41) is 3.16. The van der Waals surface area contributed by atoms with Crippen molar-refractivity contribution < 1.29 is 0 Å². The van der Waals surface area contributed by atoms with Crippen LogP contribution in [0.15, 0.2) is 42.2 Å². The van der Waals surface area contributed by atoms with Crippen molar-refractivity contribution in [3.05, 3.63) is 42.2 Å². The predicted molar refractivity (Wildman–Crippen MR) is 68.1 cm³/mol. The van der Waals surface area contributed by atoms with Crippen molar-refractivity contribution in [1.82, 2.24) is 5.32 Å². The Hall–Kier alpha value is -1.64. The van der Waals surface area contributed by atoms with Crippen molar-refractivity contribution in [2.75, 3.05) is 24.5 Å². The lowest BCUT2D eigenvalue weighted by molar-refractivity contribution is 0.624. The van der Waals surface area contributed by atoms with Crippen LogP contribution in [0, 0.1) is 5.92 Å². The van der Waals surface area contributed by atoms with Crippen LogP contribution in [-0.2, 0) is 0 Å². The molecule has 0 fully saturated rings. The zero-order valence-corrected chi connectivity index (χ0v) is 9.69. The number of nitrogens with two attached hydrogens (primary N) is 1. The second kappa shape index (κ2) is 4.92. The first kappa shape index (κ1) is 10.9. The molecule has 1 aliphatic heterocycles. The van der Waals surface area contributed by atoms with Crippen LogP contribution in [0.4, 0.5) is 5.69 Å². The summed E-state index contributed by atoms with van der Waals surface area (Å²) in [7, 11) is 0. The quantitative estimate of drug-likeness (QED) is 0.803. The minimum atomic E-state index is 0.514. The molecule has 0 radical (unpaired) electrons. The molecule has 0 unspecified atom stereocenters. The van der Waals surface area contributed by atoms with Crippen LogP contribution in [0.3, 0.4) is 0 Å². The van der Waals surface area contributed by atoms with E-state index in [-0.39, 0.29) is 0 Å². The monoisotopic (exact) mass is 217 g/mol. The van der Waals surface area contributed by atoms with Gasteiger partial charge in [0.15, 0.2) is 0 Å². The number of para-hydroxylation sites is 1. The molecule has 1 aromatic carbocycles. The Labute approximate surface area is 96.9 Å². The molecule has 0 saturated carbocycles. The Balaban J connectivity index is 2.01. The first-order chi connectivity index (χ1) is 7.79. The molecule has 2 rings (SSSR count). The maximum Gasteiger partial charge on any atom is 0.0923 e. The summed E-state index contributed by atoms with van der Waals surface area (Å²) in [5.74, 6) is 1.33. The first-order valence-corrected chi connectivity index (χ1v) is 5.80. The molecule has 0 spiro atoms. The molecule has 0 amide bonds. The van der Waals surface area contributed by atoms with E-state index in [0.29, 0.717) is 5.92 Å². The Morgan fingerprint density at radius 3 is 2.69 bits per heavy atom. The van der Waals surface area contributed by atoms with Gasteiger partial charge in [-0.1, -0.05) is 18.2 Å². The van der Waals surface area contributed by atoms with E-state index >= 15 is 0 Å². The summed E-state index contributed by atoms with van der Waals surface area (Å²) in [6.07, 6.45) is 2.12. The van der Waals surface area contributed by atoms with Gasteiger partial charge in [0.25, 0.3) is 0 Å². The Kier molecular flexibility index (Phi) is 3.34. The van der Waals surface area contributed by atoms with Crippen LogP contribution >= 0.6 is 0 Å². The zero-order valence-electron chi connectivity index (χ0n) is 9.69. The van der Waals surface area contributed by atoms with Gasteiger partial charge in [0, 0.05) is 31.2 Å². The van der Waals surface area contributed by atoms with Gasteiger partial charge in [-0.2, -0.15) is 0 Å². The van der Waals surface area contributed by atoms with Crippen molar-refractivity contribution in [3.63, 3.8) is 0 Å². The van der Waals surface area contributed by atoms with Gasteiger partial charge in [-0.25, -0.2) is 0 Å². The van der Waals surface area contributed by atoms with E-state index in [0.717, 1.165) is 25.5 Å². The van der Waals surface area contributed by atoms with E-state index in [1.807, 2.05) is 6.07 Å². The Bertz CT molecular complexity index is 359. The van der Waals surface area contributed by atoms with Gasteiger partial charge in [0.05, 0.1) is 5.82 Å². The van der Waals surface area contributed by atoms with Gasteiger partial charge >= 0.3 is 0 Å². The molecule has 1 aromatic rings. The highest BCUT2D eigenvalue weighted by atomic mass is 15.1. The summed E-state index contributed by atoms with van der Waals surface area (Å²) in [6.45, 7) is 5.18. The minimum Gasteiger partial charge on any atom is -0.386 e. The number of anilines is 1. The largest absolute Gasteiger partial charge is 0.386 e. The number of nitrogens with zero attached hydrogens (tertiary/aromatic N) is 1. The van der Waals surface area contributed by atoms with E-state index in [2.05, 4.69) is 47.5 Å². The fourth-order valence-electron chi connectivity index (χ4n) is 2.08. The molecule has 16 heavy (non-hydrogen) atoms. The molecule has 1 aliphatic rings. The lowest BCUT2D eigenvalue weighted by Gasteiger charge is -2.25. The van der Waals surface area contributed by atoms with Crippen molar-refractivity contribution in [2.45, 2.75) is 6.92 Å². The van der Waals surface area contributed by atoms with Crippen molar-refractivity contribution in [1.29, 1.82) is 0 Å². The van der Waals surface area contributed by atoms with Crippen molar-refractivity contribution >= 4 is 5.69 Å². The molecule has 3 N–H and O–H groups in total. The van der Waals surface area contributed by atoms with Crippen LogP contribution in [0.1, 0.15) is 6.92 Å². The number of rotatable bonds is 4. The second-order valence-electron chi connectivity index (χ2n) is 4.14. The second-order valence-corrected chi connectivity index (χ2v) is 4.14. The predicted octanol–water partition coefficient (Wildman–Crippen LogP) is 1.53. The minimum absolute atomic E-state index is 0.514. The van der Waals surface area contributed by atoms with Gasteiger partial charge in [0.1, 0.15) is 0 Å². The highest BCUT2D eigenvalue weighted by Crippen LogP contribution is 2.16. The van der Waals surface area contributed by atoms with E-state index in [1.54, 1.807) is 0 Å². The highest BCUT2D eigenvalue weighted by Gasteiger charge is 2.16. The van der Waals surface area contributed by atoms with Gasteiger partial charge in [-0.05, 0) is 25.1 Å². The van der Waals surface area contributed by atoms with E-state index in [4.69, 9.17) is 5.73 Å². The molecule has 1 atom stereocenters. The molecule has 86 valence electrons. The summed E-state index contributed by atoms with van der Waals surface area (Å²) < 4.78 is 0. The van der Waals surface area contributed by atoms with Crippen LogP contribution in [-0.4, -0.2) is 19.6 Å². The van der Waals surface area contributed by atoms with Gasteiger partial charge < -0.3 is 16.0 Å². The Morgan fingerprint density at radius 2 is 2.12 bits per heavy atom. The topological polar surface area (TPSA) is 41.3 Å². The smallest absolute Gasteiger partial charge is 0.0923 e. The van der Waals surface area contributed by atoms with E-state index < -0.39 is 0 Å². The molecule has 0 aromatic heterocycles. The zero-order chi connectivity index (χ0) is 11.4. The van der Waals surface area contributed by atoms with Crippen LogP contribution < -0.4 is 16.0 Å².